The molecule has 122 valence electrons. The van der Waals surface area contributed by atoms with Crippen LogP contribution in [0.1, 0.15) is 19.3 Å². The van der Waals surface area contributed by atoms with Crippen LogP contribution in [0.15, 0.2) is 18.7 Å². The Labute approximate surface area is 128 Å². The first-order chi connectivity index (χ1) is 10.6. The molecule has 8 heteroatoms. The van der Waals surface area contributed by atoms with Gasteiger partial charge in [0.15, 0.2) is 0 Å². The van der Waals surface area contributed by atoms with Crippen molar-refractivity contribution in [3.63, 3.8) is 0 Å². The predicted octanol–water partition coefficient (Wildman–Crippen LogP) is 0.0382. The van der Waals surface area contributed by atoms with E-state index in [-0.39, 0.29) is 24.7 Å². The standard InChI is InChI=1S/C14H21N3O5/c18-13(2-1-5-17-6-4-15-10-17)16-11-8-21-7-3-12(11)22-9-14(19)20/h4,6,10-12H,1-3,5,7-9H2,(H,16,18)(H,19,20)/t11-,12+/m0/s1. The number of aliphatic carboxylic acids is 1. The second kappa shape index (κ2) is 8.50. The van der Waals surface area contributed by atoms with Crippen LogP contribution in [0.4, 0.5) is 0 Å². The Morgan fingerprint density at radius 3 is 3.09 bits per heavy atom. The molecule has 0 saturated carbocycles. The zero-order valence-corrected chi connectivity index (χ0v) is 12.3. The Hall–Kier alpha value is -1.93. The van der Waals surface area contributed by atoms with E-state index in [4.69, 9.17) is 14.6 Å². The first-order valence-corrected chi connectivity index (χ1v) is 7.31. The molecular weight excluding hydrogens is 290 g/mol. The molecule has 1 fully saturated rings. The summed E-state index contributed by atoms with van der Waals surface area (Å²) in [6.07, 6.45) is 6.61. The monoisotopic (exact) mass is 311 g/mol. The van der Waals surface area contributed by atoms with Crippen molar-refractivity contribution in [2.45, 2.75) is 38.0 Å². The molecule has 1 aliphatic heterocycles. The van der Waals surface area contributed by atoms with Crippen molar-refractivity contribution < 1.29 is 24.2 Å². The molecule has 0 unspecified atom stereocenters. The molecule has 1 aromatic heterocycles. The lowest BCUT2D eigenvalue weighted by Gasteiger charge is -2.31. The first-order valence-electron chi connectivity index (χ1n) is 7.31. The van der Waals surface area contributed by atoms with E-state index in [2.05, 4.69) is 10.3 Å². The number of carboxylic acids is 1. The molecular formula is C14H21N3O5. The van der Waals surface area contributed by atoms with Gasteiger partial charge in [-0.2, -0.15) is 0 Å². The van der Waals surface area contributed by atoms with Crippen molar-refractivity contribution in [3.8, 4) is 0 Å². The highest BCUT2D eigenvalue weighted by Gasteiger charge is 2.28. The zero-order chi connectivity index (χ0) is 15.8. The lowest BCUT2D eigenvalue weighted by Crippen LogP contribution is -2.51. The van der Waals surface area contributed by atoms with Gasteiger partial charge in [-0.3, -0.25) is 4.79 Å². The average molecular weight is 311 g/mol. The fraction of sp³-hybridized carbons (Fsp3) is 0.643. The molecule has 0 bridgehead atoms. The number of amides is 1. The summed E-state index contributed by atoms with van der Waals surface area (Å²) >= 11 is 0. The van der Waals surface area contributed by atoms with Crippen LogP contribution >= 0.6 is 0 Å². The minimum absolute atomic E-state index is 0.0838. The molecule has 2 atom stereocenters. The number of nitrogens with one attached hydrogen (secondary N) is 1. The second-order valence-corrected chi connectivity index (χ2v) is 5.18. The molecule has 0 spiro atoms. The second-order valence-electron chi connectivity index (χ2n) is 5.18. The van der Waals surface area contributed by atoms with Gasteiger partial charge in [0, 0.05) is 32.0 Å². The molecule has 2 N–H and O–H groups in total. The van der Waals surface area contributed by atoms with Gasteiger partial charge in [0.25, 0.3) is 0 Å². The third-order valence-electron chi connectivity index (χ3n) is 3.44. The number of carbonyl (C=O) groups excluding carboxylic acids is 1. The number of aryl methyl sites for hydroxylation is 1. The maximum absolute atomic E-state index is 12.0. The van der Waals surface area contributed by atoms with Crippen molar-refractivity contribution in [1.82, 2.24) is 14.9 Å². The Morgan fingerprint density at radius 1 is 1.50 bits per heavy atom. The van der Waals surface area contributed by atoms with Crippen LogP contribution in [0.2, 0.25) is 0 Å². The van der Waals surface area contributed by atoms with E-state index < -0.39 is 5.97 Å². The number of carboxylic acid groups (broad SMARTS) is 1. The average Bonchev–Trinajstić information content (AvgIpc) is 2.99. The van der Waals surface area contributed by atoms with Crippen LogP contribution < -0.4 is 5.32 Å². The number of nitrogens with zero attached hydrogens (tertiary/aromatic N) is 2. The maximum Gasteiger partial charge on any atom is 0.329 e. The molecule has 1 aromatic rings. The highest BCUT2D eigenvalue weighted by Crippen LogP contribution is 2.12. The van der Waals surface area contributed by atoms with Crippen LogP contribution in [-0.4, -0.2) is 58.5 Å². The van der Waals surface area contributed by atoms with Crippen LogP contribution in [0, 0.1) is 0 Å². The fourth-order valence-electron chi connectivity index (χ4n) is 2.35. The molecule has 22 heavy (non-hydrogen) atoms. The SMILES string of the molecule is O=C(O)CO[C@@H]1CCOC[C@@H]1NC(=O)CCCn1ccnc1. The van der Waals surface area contributed by atoms with Gasteiger partial charge in [0.2, 0.25) is 5.91 Å². The van der Waals surface area contributed by atoms with E-state index >= 15 is 0 Å². The number of hydrogen-bond acceptors (Lipinski definition) is 5. The van der Waals surface area contributed by atoms with E-state index in [0.717, 1.165) is 6.54 Å². The van der Waals surface area contributed by atoms with Gasteiger partial charge in [-0.25, -0.2) is 9.78 Å². The minimum atomic E-state index is -1.02. The van der Waals surface area contributed by atoms with Crippen LogP contribution in [0.25, 0.3) is 0 Å². The molecule has 0 aromatic carbocycles. The Kier molecular flexibility index (Phi) is 6.35. The summed E-state index contributed by atoms with van der Waals surface area (Å²) in [5.74, 6) is -1.10. The first kappa shape index (κ1) is 16.4. The van der Waals surface area contributed by atoms with Crippen molar-refractivity contribution >= 4 is 11.9 Å². The summed E-state index contributed by atoms with van der Waals surface area (Å²) in [4.78, 5) is 26.5. The molecule has 0 aliphatic carbocycles. The number of imidazole rings is 1. The molecule has 1 saturated heterocycles. The number of ether oxygens (including phenoxy) is 2. The lowest BCUT2D eigenvalue weighted by molar-refractivity contribution is -0.148. The quantitative estimate of drug-likeness (QED) is 0.702. The van der Waals surface area contributed by atoms with E-state index in [9.17, 15) is 9.59 Å². The summed E-state index contributed by atoms with van der Waals surface area (Å²) in [5, 5.41) is 11.5. The Bertz CT molecular complexity index is 477. The fourth-order valence-corrected chi connectivity index (χ4v) is 2.35. The Balaban J connectivity index is 1.71. The van der Waals surface area contributed by atoms with Gasteiger partial charge < -0.3 is 24.5 Å². The van der Waals surface area contributed by atoms with Crippen LogP contribution in [0.5, 0.6) is 0 Å². The van der Waals surface area contributed by atoms with Crippen LogP contribution in [-0.2, 0) is 25.6 Å². The molecule has 2 heterocycles. The number of carbonyl (C=O) groups is 2. The predicted molar refractivity (Wildman–Crippen MR) is 76.2 cm³/mol. The van der Waals surface area contributed by atoms with Crippen molar-refractivity contribution in [2.75, 3.05) is 19.8 Å². The molecule has 1 aliphatic rings. The van der Waals surface area contributed by atoms with E-state index in [1.54, 1.807) is 12.5 Å². The van der Waals surface area contributed by atoms with Gasteiger partial charge >= 0.3 is 5.97 Å². The van der Waals surface area contributed by atoms with Gasteiger partial charge in [-0.05, 0) is 12.8 Å². The number of hydrogen-bond donors (Lipinski definition) is 2. The number of aromatic nitrogens is 2. The van der Waals surface area contributed by atoms with E-state index in [0.29, 0.717) is 32.5 Å². The molecule has 0 radical (unpaired) electrons. The van der Waals surface area contributed by atoms with E-state index in [1.165, 1.54) is 0 Å². The molecule has 1 amide bonds. The summed E-state index contributed by atoms with van der Waals surface area (Å²) in [5.41, 5.74) is 0. The smallest absolute Gasteiger partial charge is 0.329 e. The number of rotatable bonds is 8. The normalized spacial score (nSPS) is 21.5. The maximum atomic E-state index is 12.0. The third kappa shape index (κ3) is 5.45. The van der Waals surface area contributed by atoms with Gasteiger partial charge in [0.1, 0.15) is 6.61 Å². The van der Waals surface area contributed by atoms with Gasteiger partial charge in [-0.15, -0.1) is 0 Å². The molecule has 2 rings (SSSR count). The van der Waals surface area contributed by atoms with Crippen LogP contribution in [0.3, 0.4) is 0 Å². The minimum Gasteiger partial charge on any atom is -0.480 e. The van der Waals surface area contributed by atoms with Crippen molar-refractivity contribution in [2.24, 2.45) is 0 Å². The van der Waals surface area contributed by atoms with Gasteiger partial charge in [-0.1, -0.05) is 0 Å². The summed E-state index contributed by atoms with van der Waals surface area (Å²) in [6, 6.07) is -0.297. The van der Waals surface area contributed by atoms with Crippen molar-refractivity contribution in [1.29, 1.82) is 0 Å². The highest BCUT2D eigenvalue weighted by molar-refractivity contribution is 5.76. The Morgan fingerprint density at radius 2 is 2.36 bits per heavy atom. The van der Waals surface area contributed by atoms with E-state index in [1.807, 2.05) is 10.8 Å². The third-order valence-corrected chi connectivity index (χ3v) is 3.44. The summed E-state index contributed by atoms with van der Waals surface area (Å²) in [7, 11) is 0. The zero-order valence-electron chi connectivity index (χ0n) is 12.3. The van der Waals surface area contributed by atoms with Crippen molar-refractivity contribution in [3.05, 3.63) is 18.7 Å². The molecule has 8 nitrogen and oxygen atoms in total. The highest BCUT2D eigenvalue weighted by atomic mass is 16.5. The summed E-state index contributed by atoms with van der Waals surface area (Å²) in [6.45, 7) is 1.22. The lowest BCUT2D eigenvalue weighted by atomic mass is 10.1. The van der Waals surface area contributed by atoms with Gasteiger partial charge in [0.05, 0.1) is 25.1 Å². The summed E-state index contributed by atoms with van der Waals surface area (Å²) < 4.78 is 12.6. The largest absolute Gasteiger partial charge is 0.480 e. The topological polar surface area (TPSA) is 103 Å².